The van der Waals surface area contributed by atoms with Crippen molar-refractivity contribution >= 4 is 18.0 Å². The quantitative estimate of drug-likeness (QED) is 0.713. The average Bonchev–Trinajstić information content (AvgIpc) is 2.83. The number of ether oxygens (including phenoxy) is 2. The summed E-state index contributed by atoms with van der Waals surface area (Å²) in [7, 11) is 0. The first kappa shape index (κ1) is 12.0. The summed E-state index contributed by atoms with van der Waals surface area (Å²) in [5, 5.41) is 0. The fourth-order valence-corrected chi connectivity index (χ4v) is 1.40. The molecule has 7 nitrogen and oxygen atoms in total. The van der Waals surface area contributed by atoms with Gasteiger partial charge in [-0.05, 0) is 12.1 Å². The van der Waals surface area contributed by atoms with Crippen molar-refractivity contribution in [3.63, 3.8) is 0 Å². The molecule has 0 unspecified atom stereocenters. The number of hydrogen-bond donors (Lipinski definition) is 0. The maximum atomic E-state index is 11.5. The standard InChI is InChI=1S/C11H10N2O5/c14-9(13-5-6-17-11(13)16)7-18-10(15)8-1-3-12-4-2-8/h1-4H,5-7H2. The molecule has 0 aromatic carbocycles. The third kappa shape index (κ3) is 2.62. The lowest BCUT2D eigenvalue weighted by Gasteiger charge is -2.10. The Bertz CT molecular complexity index is 474. The van der Waals surface area contributed by atoms with Crippen LogP contribution in [0, 0.1) is 0 Å². The number of esters is 1. The average molecular weight is 250 g/mol. The predicted octanol–water partition coefficient (Wildman–Crippen LogP) is 0.217. The topological polar surface area (TPSA) is 85.8 Å². The first-order valence-electron chi connectivity index (χ1n) is 5.23. The highest BCUT2D eigenvalue weighted by Crippen LogP contribution is 2.05. The second-order valence-corrected chi connectivity index (χ2v) is 3.47. The lowest BCUT2D eigenvalue weighted by molar-refractivity contribution is -0.131. The number of pyridine rings is 1. The normalized spacial score (nSPS) is 14.2. The van der Waals surface area contributed by atoms with Crippen molar-refractivity contribution in [3.8, 4) is 0 Å². The van der Waals surface area contributed by atoms with Gasteiger partial charge in [-0.2, -0.15) is 0 Å². The summed E-state index contributed by atoms with van der Waals surface area (Å²) < 4.78 is 9.38. The van der Waals surface area contributed by atoms with Gasteiger partial charge < -0.3 is 9.47 Å². The molecular weight excluding hydrogens is 240 g/mol. The molecule has 2 amide bonds. The lowest BCUT2D eigenvalue weighted by atomic mass is 10.3. The third-order valence-electron chi connectivity index (χ3n) is 2.30. The minimum absolute atomic E-state index is 0.170. The van der Waals surface area contributed by atoms with E-state index in [1.54, 1.807) is 0 Å². The molecule has 1 aliphatic rings. The van der Waals surface area contributed by atoms with Gasteiger partial charge in [0.05, 0.1) is 12.1 Å². The highest BCUT2D eigenvalue weighted by atomic mass is 16.6. The first-order chi connectivity index (χ1) is 8.68. The van der Waals surface area contributed by atoms with Gasteiger partial charge in [0.15, 0.2) is 6.61 Å². The van der Waals surface area contributed by atoms with Crippen LogP contribution in [0.15, 0.2) is 24.5 Å². The zero-order valence-electron chi connectivity index (χ0n) is 9.37. The number of amides is 2. The predicted molar refractivity (Wildman–Crippen MR) is 57.6 cm³/mol. The van der Waals surface area contributed by atoms with Crippen molar-refractivity contribution < 1.29 is 23.9 Å². The van der Waals surface area contributed by atoms with Crippen molar-refractivity contribution in [3.05, 3.63) is 30.1 Å². The molecule has 0 atom stereocenters. The number of nitrogens with zero attached hydrogens (tertiary/aromatic N) is 2. The van der Waals surface area contributed by atoms with Crippen molar-refractivity contribution in [2.75, 3.05) is 19.8 Å². The Morgan fingerprint density at radius 3 is 2.72 bits per heavy atom. The van der Waals surface area contributed by atoms with E-state index in [4.69, 9.17) is 4.74 Å². The number of carbonyl (C=O) groups excluding carboxylic acids is 3. The number of imide groups is 1. The van der Waals surface area contributed by atoms with Crippen LogP contribution >= 0.6 is 0 Å². The molecule has 1 fully saturated rings. The number of rotatable bonds is 3. The molecule has 0 bridgehead atoms. The second-order valence-electron chi connectivity index (χ2n) is 3.47. The minimum Gasteiger partial charge on any atom is -0.452 e. The smallest absolute Gasteiger partial charge is 0.416 e. The van der Waals surface area contributed by atoms with Gasteiger partial charge in [0.25, 0.3) is 5.91 Å². The van der Waals surface area contributed by atoms with E-state index in [2.05, 4.69) is 9.72 Å². The van der Waals surface area contributed by atoms with Crippen molar-refractivity contribution in [2.45, 2.75) is 0 Å². The van der Waals surface area contributed by atoms with Gasteiger partial charge in [0, 0.05) is 12.4 Å². The number of carbonyl (C=O) groups is 3. The van der Waals surface area contributed by atoms with Crippen LogP contribution in [0.4, 0.5) is 4.79 Å². The highest BCUT2D eigenvalue weighted by molar-refractivity contribution is 5.96. The SMILES string of the molecule is O=C(OCC(=O)N1CCOC1=O)c1ccncc1. The summed E-state index contributed by atoms with van der Waals surface area (Å²) in [5.74, 6) is -1.24. The van der Waals surface area contributed by atoms with E-state index >= 15 is 0 Å². The van der Waals surface area contributed by atoms with E-state index in [9.17, 15) is 14.4 Å². The van der Waals surface area contributed by atoms with Crippen molar-refractivity contribution in [1.29, 1.82) is 0 Å². The maximum Gasteiger partial charge on any atom is 0.416 e. The lowest BCUT2D eigenvalue weighted by Crippen LogP contribution is -2.35. The van der Waals surface area contributed by atoms with Crippen LogP contribution in [0.25, 0.3) is 0 Å². The molecular formula is C11H10N2O5. The fraction of sp³-hybridized carbons (Fsp3) is 0.273. The Hall–Kier alpha value is -2.44. The van der Waals surface area contributed by atoms with Crippen LogP contribution in [-0.4, -0.2) is 47.6 Å². The molecule has 0 aliphatic carbocycles. The van der Waals surface area contributed by atoms with Gasteiger partial charge in [-0.15, -0.1) is 0 Å². The number of cyclic esters (lactones) is 1. The van der Waals surface area contributed by atoms with Crippen LogP contribution in [0.5, 0.6) is 0 Å². The molecule has 94 valence electrons. The van der Waals surface area contributed by atoms with Gasteiger partial charge in [-0.1, -0.05) is 0 Å². The maximum absolute atomic E-state index is 11.5. The number of aromatic nitrogens is 1. The van der Waals surface area contributed by atoms with E-state index in [1.165, 1.54) is 24.5 Å². The molecule has 0 N–H and O–H groups in total. The Kier molecular flexibility index (Phi) is 3.52. The van der Waals surface area contributed by atoms with E-state index in [0.717, 1.165) is 4.90 Å². The summed E-state index contributed by atoms with van der Waals surface area (Å²) in [6.07, 6.45) is 2.17. The first-order valence-corrected chi connectivity index (χ1v) is 5.23. The molecule has 1 aliphatic heterocycles. The van der Waals surface area contributed by atoms with Crippen molar-refractivity contribution in [2.24, 2.45) is 0 Å². The Balaban J connectivity index is 1.86. The van der Waals surface area contributed by atoms with Gasteiger partial charge in [-0.25, -0.2) is 14.5 Å². The fourth-order valence-electron chi connectivity index (χ4n) is 1.40. The summed E-state index contributed by atoms with van der Waals surface area (Å²) in [6.45, 7) is -0.135. The van der Waals surface area contributed by atoms with E-state index in [-0.39, 0.29) is 13.2 Å². The largest absolute Gasteiger partial charge is 0.452 e. The number of hydrogen-bond acceptors (Lipinski definition) is 6. The molecule has 0 radical (unpaired) electrons. The summed E-state index contributed by atoms with van der Waals surface area (Å²) in [5.41, 5.74) is 0.293. The van der Waals surface area contributed by atoms with Crippen LogP contribution in [-0.2, 0) is 14.3 Å². The summed E-state index contributed by atoms with van der Waals surface area (Å²) in [4.78, 5) is 38.8. The molecule has 18 heavy (non-hydrogen) atoms. The Morgan fingerprint density at radius 2 is 2.11 bits per heavy atom. The van der Waals surface area contributed by atoms with E-state index in [0.29, 0.717) is 5.56 Å². The third-order valence-corrected chi connectivity index (χ3v) is 2.30. The highest BCUT2D eigenvalue weighted by Gasteiger charge is 2.28. The summed E-state index contributed by atoms with van der Waals surface area (Å²) in [6, 6.07) is 2.94. The van der Waals surface area contributed by atoms with E-state index < -0.39 is 24.6 Å². The summed E-state index contributed by atoms with van der Waals surface area (Å²) >= 11 is 0. The second kappa shape index (κ2) is 5.26. The zero-order valence-corrected chi connectivity index (χ0v) is 9.37. The van der Waals surface area contributed by atoms with Gasteiger partial charge >= 0.3 is 12.1 Å². The van der Waals surface area contributed by atoms with Gasteiger partial charge in [0.1, 0.15) is 6.61 Å². The van der Waals surface area contributed by atoms with E-state index in [1.807, 2.05) is 0 Å². The Morgan fingerprint density at radius 1 is 1.39 bits per heavy atom. The van der Waals surface area contributed by atoms with Crippen LogP contribution in [0.1, 0.15) is 10.4 Å². The Labute approximate surface area is 102 Å². The minimum atomic E-state index is -0.708. The van der Waals surface area contributed by atoms with Crippen LogP contribution < -0.4 is 0 Å². The molecule has 0 spiro atoms. The van der Waals surface area contributed by atoms with Crippen molar-refractivity contribution in [1.82, 2.24) is 9.88 Å². The zero-order chi connectivity index (χ0) is 13.0. The molecule has 2 rings (SSSR count). The molecule has 2 heterocycles. The van der Waals surface area contributed by atoms with Crippen LogP contribution in [0.3, 0.4) is 0 Å². The van der Waals surface area contributed by atoms with Gasteiger partial charge in [-0.3, -0.25) is 9.78 Å². The molecule has 1 aromatic heterocycles. The molecule has 7 heteroatoms. The molecule has 0 saturated carbocycles. The monoisotopic (exact) mass is 250 g/mol. The van der Waals surface area contributed by atoms with Crippen LogP contribution in [0.2, 0.25) is 0 Å². The van der Waals surface area contributed by atoms with Gasteiger partial charge in [0.2, 0.25) is 0 Å². The molecule has 1 aromatic rings. The molecule has 1 saturated heterocycles.